The van der Waals surface area contributed by atoms with Gasteiger partial charge in [0.15, 0.2) is 6.10 Å². The number of rotatable bonds is 36. The number of hydrogen-bond acceptors (Lipinski definition) is 12. The Morgan fingerprint density at radius 1 is 0.525 bits per heavy atom. The van der Waals surface area contributed by atoms with Crippen LogP contribution in [0.3, 0.4) is 0 Å². The second kappa shape index (κ2) is 35.4. The molecule has 0 radical (unpaired) electrons. The third kappa shape index (κ3) is 28.1. The fourth-order valence-electron chi connectivity index (χ4n) is 6.46. The van der Waals surface area contributed by atoms with E-state index in [2.05, 4.69) is 62.5 Å². The van der Waals surface area contributed by atoms with Crippen LogP contribution < -0.4 is 0 Å². The molecule has 1 fully saturated rings. The summed E-state index contributed by atoms with van der Waals surface area (Å²) in [7, 11) is -5.12. The number of phosphoric ester groups is 1. The molecule has 8 atom stereocenters. The lowest BCUT2D eigenvalue weighted by Crippen LogP contribution is -2.64. The van der Waals surface area contributed by atoms with Crippen LogP contribution in [0.5, 0.6) is 0 Å². The Labute approximate surface area is 354 Å². The maximum Gasteiger partial charge on any atom is 0.472 e. The molecule has 0 heterocycles. The zero-order chi connectivity index (χ0) is 43.6. The second-order valence-corrected chi connectivity index (χ2v) is 16.9. The third-order valence-corrected chi connectivity index (χ3v) is 11.1. The minimum absolute atomic E-state index is 0.0761. The van der Waals surface area contributed by atoms with Crippen LogP contribution in [0.1, 0.15) is 168 Å². The van der Waals surface area contributed by atoms with Gasteiger partial charge in [0.25, 0.3) is 0 Å². The first-order valence-electron chi connectivity index (χ1n) is 22.4. The summed E-state index contributed by atoms with van der Waals surface area (Å²) >= 11 is 0. The molecule has 1 aliphatic rings. The van der Waals surface area contributed by atoms with Crippen LogP contribution in [-0.4, -0.2) is 98.3 Å². The zero-order valence-electron chi connectivity index (χ0n) is 36.0. The largest absolute Gasteiger partial charge is 0.472 e. The molecule has 6 N–H and O–H groups in total. The molecule has 14 heteroatoms. The Morgan fingerprint density at radius 2 is 0.915 bits per heavy atom. The third-order valence-electron chi connectivity index (χ3n) is 10.1. The van der Waals surface area contributed by atoms with Crippen molar-refractivity contribution in [3.63, 3.8) is 0 Å². The smallest absolute Gasteiger partial charge is 0.462 e. The number of aliphatic hydroxyl groups excluding tert-OH is 5. The second-order valence-electron chi connectivity index (χ2n) is 15.5. The molecular formula is C45H79O13P. The Morgan fingerprint density at radius 3 is 1.37 bits per heavy atom. The summed E-state index contributed by atoms with van der Waals surface area (Å²) in [5, 5.41) is 50.1. The number of hydrogen-bond donors (Lipinski definition) is 6. The van der Waals surface area contributed by atoms with Crippen molar-refractivity contribution in [1.29, 1.82) is 0 Å². The zero-order valence-corrected chi connectivity index (χ0v) is 36.9. The van der Waals surface area contributed by atoms with Gasteiger partial charge < -0.3 is 39.9 Å². The molecule has 0 amide bonds. The van der Waals surface area contributed by atoms with Crippen molar-refractivity contribution >= 4 is 19.8 Å². The lowest BCUT2D eigenvalue weighted by atomic mass is 9.85. The van der Waals surface area contributed by atoms with Gasteiger partial charge in [0.1, 0.15) is 43.2 Å². The van der Waals surface area contributed by atoms with Crippen molar-refractivity contribution in [3.8, 4) is 0 Å². The molecule has 6 unspecified atom stereocenters. The van der Waals surface area contributed by atoms with E-state index in [-0.39, 0.29) is 12.8 Å². The maximum absolute atomic E-state index is 12.8. The number of carbonyl (C=O) groups is 2. The van der Waals surface area contributed by atoms with Crippen LogP contribution in [-0.2, 0) is 32.7 Å². The van der Waals surface area contributed by atoms with Crippen molar-refractivity contribution < 1.29 is 63.1 Å². The Bertz CT molecular complexity index is 1220. The van der Waals surface area contributed by atoms with Crippen LogP contribution in [0.15, 0.2) is 48.6 Å². The Kier molecular flexibility index (Phi) is 32.9. The van der Waals surface area contributed by atoms with Gasteiger partial charge in [-0.2, -0.15) is 0 Å². The summed E-state index contributed by atoms with van der Waals surface area (Å²) in [6.45, 7) is 3.21. The van der Waals surface area contributed by atoms with E-state index in [4.69, 9.17) is 18.5 Å². The molecule has 342 valence electrons. The maximum atomic E-state index is 12.8. The number of ether oxygens (including phenoxy) is 2. The highest BCUT2D eigenvalue weighted by molar-refractivity contribution is 7.47. The molecule has 0 aliphatic heterocycles. The van der Waals surface area contributed by atoms with E-state index in [0.29, 0.717) is 12.8 Å². The highest BCUT2D eigenvalue weighted by Gasteiger charge is 2.51. The molecule has 0 spiro atoms. The van der Waals surface area contributed by atoms with Gasteiger partial charge in [-0.3, -0.25) is 18.6 Å². The molecule has 0 saturated heterocycles. The fourth-order valence-corrected chi connectivity index (χ4v) is 7.44. The van der Waals surface area contributed by atoms with Gasteiger partial charge in [0.05, 0.1) is 6.61 Å². The first-order valence-corrected chi connectivity index (χ1v) is 23.9. The topological polar surface area (TPSA) is 210 Å². The van der Waals surface area contributed by atoms with Gasteiger partial charge in [-0.1, -0.05) is 127 Å². The van der Waals surface area contributed by atoms with Crippen molar-refractivity contribution in [2.45, 2.75) is 211 Å². The van der Waals surface area contributed by atoms with Crippen LogP contribution in [0, 0.1) is 0 Å². The molecule has 0 aromatic carbocycles. The molecular weight excluding hydrogens is 779 g/mol. The van der Waals surface area contributed by atoms with E-state index in [1.807, 2.05) is 0 Å². The van der Waals surface area contributed by atoms with E-state index in [9.17, 15) is 44.6 Å². The van der Waals surface area contributed by atoms with Crippen molar-refractivity contribution in [3.05, 3.63) is 48.6 Å². The Hall–Kier alpha value is -2.19. The average Bonchev–Trinajstić information content (AvgIpc) is 3.21. The minimum atomic E-state index is -5.12. The normalized spacial score (nSPS) is 22.8. The predicted octanol–water partition coefficient (Wildman–Crippen LogP) is 8.39. The highest BCUT2D eigenvalue weighted by Crippen LogP contribution is 2.47. The van der Waals surface area contributed by atoms with Crippen molar-refractivity contribution in [2.24, 2.45) is 0 Å². The van der Waals surface area contributed by atoms with E-state index in [1.54, 1.807) is 0 Å². The van der Waals surface area contributed by atoms with E-state index in [0.717, 1.165) is 89.9 Å². The Balaban J connectivity index is 2.50. The number of carbonyl (C=O) groups excluding carboxylic acids is 2. The molecule has 0 bridgehead atoms. The number of phosphoric acid groups is 1. The lowest BCUT2D eigenvalue weighted by Gasteiger charge is -2.41. The van der Waals surface area contributed by atoms with Crippen LogP contribution in [0.25, 0.3) is 0 Å². The summed E-state index contributed by atoms with van der Waals surface area (Å²) in [4.78, 5) is 35.6. The predicted molar refractivity (Wildman–Crippen MR) is 230 cm³/mol. The lowest BCUT2D eigenvalue weighted by molar-refractivity contribution is -0.220. The van der Waals surface area contributed by atoms with Crippen LogP contribution >= 0.6 is 7.82 Å². The van der Waals surface area contributed by atoms with Gasteiger partial charge in [-0.05, 0) is 77.0 Å². The van der Waals surface area contributed by atoms with Crippen molar-refractivity contribution in [1.82, 2.24) is 0 Å². The number of allylic oxidation sites excluding steroid dienone is 8. The summed E-state index contributed by atoms with van der Waals surface area (Å²) < 4.78 is 33.5. The van der Waals surface area contributed by atoms with Crippen LogP contribution in [0.2, 0.25) is 0 Å². The highest BCUT2D eigenvalue weighted by atomic mass is 31.2. The monoisotopic (exact) mass is 859 g/mol. The average molecular weight is 859 g/mol. The van der Waals surface area contributed by atoms with Gasteiger partial charge in [-0.25, -0.2) is 4.57 Å². The number of unbranched alkanes of at least 4 members (excludes halogenated alkanes) is 16. The van der Waals surface area contributed by atoms with E-state index in [1.165, 1.54) is 38.5 Å². The van der Waals surface area contributed by atoms with Gasteiger partial charge in [0.2, 0.25) is 0 Å². The first-order chi connectivity index (χ1) is 28.4. The molecule has 13 nitrogen and oxygen atoms in total. The standard InChI is InChI=1S/C45H79O13P/c1-3-5-7-9-11-13-15-17-19-21-23-25-27-29-31-33-38(46)55-35-37(36-56-59(53,54)58-45-43(51)41(49)40(48)42(50)44(45)52)57-39(47)34-32-30-28-26-24-22-20-18-16-14-12-10-8-6-4-2/h11-14,17-20,37,40-45,48-52H,3-10,15-16,21-36H2,1-2H3,(H,53,54)/t37-,40?,41-,42?,43?,44?,45?/m1/s1. The molecule has 59 heavy (non-hydrogen) atoms. The summed E-state index contributed by atoms with van der Waals surface area (Å²) in [6.07, 6.45) is 27.3. The summed E-state index contributed by atoms with van der Waals surface area (Å²) in [5.41, 5.74) is 0. The molecule has 1 rings (SSSR count). The van der Waals surface area contributed by atoms with Crippen LogP contribution in [0.4, 0.5) is 0 Å². The SMILES string of the molecule is CCCCCC=CCC=CCCCCCCCC(=O)OC[C@H](COP(=O)(O)OC1C(O)C(O)C(O)[C@@H](O)C1O)OC(=O)CCCCCCCC=CCC=CCCCCC. The number of aliphatic hydroxyl groups is 5. The number of esters is 2. The summed E-state index contributed by atoms with van der Waals surface area (Å²) in [6, 6.07) is 0. The van der Waals surface area contributed by atoms with Gasteiger partial charge in [-0.15, -0.1) is 0 Å². The molecule has 0 aromatic rings. The summed E-state index contributed by atoms with van der Waals surface area (Å²) in [5.74, 6) is -1.13. The molecule has 1 saturated carbocycles. The fraction of sp³-hybridized carbons (Fsp3) is 0.778. The minimum Gasteiger partial charge on any atom is -0.462 e. The first kappa shape index (κ1) is 54.8. The van der Waals surface area contributed by atoms with E-state index >= 15 is 0 Å². The molecule has 0 aromatic heterocycles. The quantitative estimate of drug-likeness (QED) is 0.0152. The van der Waals surface area contributed by atoms with Gasteiger partial charge in [0, 0.05) is 12.8 Å². The van der Waals surface area contributed by atoms with E-state index < -0.39 is 75.7 Å². The van der Waals surface area contributed by atoms with Crippen molar-refractivity contribution in [2.75, 3.05) is 13.2 Å². The van der Waals surface area contributed by atoms with Gasteiger partial charge >= 0.3 is 19.8 Å². The molecule has 1 aliphatic carbocycles.